The summed E-state index contributed by atoms with van der Waals surface area (Å²) < 4.78 is 0. The maximum Gasteiger partial charge on any atom is 0.119 e. The highest BCUT2D eigenvalue weighted by Crippen LogP contribution is 2.60. The van der Waals surface area contributed by atoms with E-state index in [1.54, 1.807) is 11.1 Å². The van der Waals surface area contributed by atoms with Crippen molar-refractivity contribution in [2.24, 2.45) is 16.7 Å². The van der Waals surface area contributed by atoms with Gasteiger partial charge in [-0.1, -0.05) is 67.7 Å². The number of allylic oxidation sites excluding steroid dienone is 4. The summed E-state index contributed by atoms with van der Waals surface area (Å²) in [6, 6.07) is 5.88. The number of phenolic OH excluding ortho intramolecular Hbond substituents is 1. The fourth-order valence-corrected chi connectivity index (χ4v) is 6.28. The molecular weight excluding hydrogens is 340 g/mol. The molecule has 1 fully saturated rings. The maximum absolute atomic E-state index is 10.1. The summed E-state index contributed by atoms with van der Waals surface area (Å²) in [6.45, 7) is 14.3. The standard InChI is InChI=1S/C27H40O/c1-19(8-12-22-18-20(2)10-14-24(22)28)9-13-23-21(3)11-15-25-26(4,5)16-7-17-27(23,25)6/h8,10,14,18,25,28H,7,9,11-13,15-17H2,1-6H3/b19-8+/t25-,27+/m1/s1. The molecule has 2 atom stereocenters. The Kier molecular flexibility index (Phi) is 6.13. The SMILES string of the molecule is CC1=C(CC/C(C)=C/Cc2cc(C)ccc2O)[C@]2(C)CCCC(C)(C)[C@H]2CC1. The summed E-state index contributed by atoms with van der Waals surface area (Å²) in [7, 11) is 0. The highest BCUT2D eigenvalue weighted by atomic mass is 16.3. The monoisotopic (exact) mass is 380 g/mol. The number of benzene rings is 1. The van der Waals surface area contributed by atoms with Gasteiger partial charge in [-0.25, -0.2) is 0 Å². The molecule has 1 aromatic rings. The molecule has 1 heteroatoms. The minimum atomic E-state index is 0.402. The van der Waals surface area contributed by atoms with Gasteiger partial charge in [0.1, 0.15) is 5.75 Å². The molecule has 0 spiro atoms. The van der Waals surface area contributed by atoms with E-state index in [9.17, 15) is 5.11 Å². The summed E-state index contributed by atoms with van der Waals surface area (Å²) in [5.41, 5.74) is 8.01. The van der Waals surface area contributed by atoms with Crippen LogP contribution in [0.5, 0.6) is 5.75 Å². The first kappa shape index (κ1) is 21.2. The maximum atomic E-state index is 10.1. The van der Waals surface area contributed by atoms with E-state index >= 15 is 0 Å². The molecule has 0 aromatic heterocycles. The Hall–Kier alpha value is -1.50. The summed E-state index contributed by atoms with van der Waals surface area (Å²) in [6.07, 6.45) is 12.3. The molecule has 2 aliphatic carbocycles. The fourth-order valence-electron chi connectivity index (χ4n) is 6.28. The van der Waals surface area contributed by atoms with Crippen LogP contribution in [-0.4, -0.2) is 5.11 Å². The van der Waals surface area contributed by atoms with Gasteiger partial charge in [0.15, 0.2) is 0 Å². The smallest absolute Gasteiger partial charge is 0.119 e. The molecule has 3 rings (SSSR count). The molecule has 1 nitrogen and oxygen atoms in total. The molecule has 1 saturated carbocycles. The summed E-state index contributed by atoms with van der Waals surface area (Å²) in [4.78, 5) is 0. The number of phenols is 1. The first-order chi connectivity index (χ1) is 13.1. The second-order valence-electron chi connectivity index (χ2n) is 10.5. The molecule has 0 radical (unpaired) electrons. The van der Waals surface area contributed by atoms with Crippen LogP contribution in [0.2, 0.25) is 0 Å². The van der Waals surface area contributed by atoms with Crippen LogP contribution in [0.15, 0.2) is 41.0 Å². The van der Waals surface area contributed by atoms with Gasteiger partial charge >= 0.3 is 0 Å². The first-order valence-corrected chi connectivity index (χ1v) is 11.3. The molecule has 28 heavy (non-hydrogen) atoms. The Labute approximate surface area is 172 Å². The summed E-state index contributed by atoms with van der Waals surface area (Å²) >= 11 is 0. The predicted molar refractivity (Wildman–Crippen MR) is 121 cm³/mol. The van der Waals surface area contributed by atoms with Gasteiger partial charge in [-0.15, -0.1) is 0 Å². The lowest BCUT2D eigenvalue weighted by atomic mass is 9.50. The third-order valence-electron chi connectivity index (χ3n) is 7.92. The van der Waals surface area contributed by atoms with Crippen molar-refractivity contribution in [1.29, 1.82) is 0 Å². The van der Waals surface area contributed by atoms with Crippen molar-refractivity contribution < 1.29 is 5.11 Å². The third-order valence-corrected chi connectivity index (χ3v) is 7.92. The molecule has 0 saturated heterocycles. The Bertz CT molecular complexity index is 779. The Morgan fingerprint density at radius 1 is 1.18 bits per heavy atom. The van der Waals surface area contributed by atoms with Crippen molar-refractivity contribution in [3.05, 3.63) is 52.1 Å². The molecule has 2 aliphatic rings. The van der Waals surface area contributed by atoms with Crippen molar-refractivity contribution in [3.8, 4) is 5.75 Å². The van der Waals surface area contributed by atoms with Crippen molar-refractivity contribution >= 4 is 0 Å². The van der Waals surface area contributed by atoms with Crippen molar-refractivity contribution in [2.45, 2.75) is 92.9 Å². The fraction of sp³-hybridized carbons (Fsp3) is 0.630. The molecule has 0 bridgehead atoms. The first-order valence-electron chi connectivity index (χ1n) is 11.3. The minimum absolute atomic E-state index is 0.402. The Balaban J connectivity index is 1.71. The van der Waals surface area contributed by atoms with Gasteiger partial charge < -0.3 is 5.11 Å². The van der Waals surface area contributed by atoms with Crippen LogP contribution in [-0.2, 0) is 6.42 Å². The number of aromatic hydroxyl groups is 1. The zero-order chi connectivity index (χ0) is 20.5. The lowest BCUT2D eigenvalue weighted by Gasteiger charge is -2.55. The van der Waals surface area contributed by atoms with E-state index in [0.717, 1.165) is 24.3 Å². The van der Waals surface area contributed by atoms with E-state index in [1.807, 2.05) is 12.1 Å². The largest absolute Gasteiger partial charge is 0.508 e. The molecular formula is C27H40O. The summed E-state index contributed by atoms with van der Waals surface area (Å²) in [5.74, 6) is 1.25. The lowest BCUT2D eigenvalue weighted by Crippen LogP contribution is -2.45. The molecule has 154 valence electrons. The van der Waals surface area contributed by atoms with Crippen LogP contribution < -0.4 is 0 Å². The Morgan fingerprint density at radius 2 is 1.93 bits per heavy atom. The van der Waals surface area contributed by atoms with Gasteiger partial charge in [0.25, 0.3) is 0 Å². The van der Waals surface area contributed by atoms with Gasteiger partial charge in [0.05, 0.1) is 0 Å². The second kappa shape index (κ2) is 8.09. The van der Waals surface area contributed by atoms with Crippen LogP contribution in [0.25, 0.3) is 0 Å². The number of hydrogen-bond acceptors (Lipinski definition) is 1. The average molecular weight is 381 g/mol. The van der Waals surface area contributed by atoms with Gasteiger partial charge in [-0.2, -0.15) is 0 Å². The molecule has 1 N–H and O–H groups in total. The van der Waals surface area contributed by atoms with E-state index in [1.165, 1.54) is 49.7 Å². The summed E-state index contributed by atoms with van der Waals surface area (Å²) in [5, 5.41) is 10.1. The molecule has 0 aliphatic heterocycles. The van der Waals surface area contributed by atoms with E-state index in [0.29, 0.717) is 16.6 Å². The van der Waals surface area contributed by atoms with E-state index in [4.69, 9.17) is 0 Å². The molecule has 0 unspecified atom stereocenters. The van der Waals surface area contributed by atoms with E-state index in [2.05, 4.69) is 53.7 Å². The molecule has 0 heterocycles. The quantitative estimate of drug-likeness (QED) is 0.514. The average Bonchev–Trinajstić information content (AvgIpc) is 2.61. The number of fused-ring (bicyclic) bond motifs is 1. The van der Waals surface area contributed by atoms with Crippen LogP contribution >= 0.6 is 0 Å². The molecule has 0 amide bonds. The number of hydrogen-bond donors (Lipinski definition) is 1. The predicted octanol–water partition coefficient (Wildman–Crippen LogP) is 7.91. The van der Waals surface area contributed by atoms with Crippen LogP contribution in [0.1, 0.15) is 90.7 Å². The highest BCUT2D eigenvalue weighted by molar-refractivity contribution is 5.37. The highest BCUT2D eigenvalue weighted by Gasteiger charge is 2.49. The van der Waals surface area contributed by atoms with E-state index < -0.39 is 0 Å². The number of aryl methyl sites for hydroxylation is 1. The van der Waals surface area contributed by atoms with Gasteiger partial charge in [0, 0.05) is 0 Å². The van der Waals surface area contributed by atoms with E-state index in [-0.39, 0.29) is 0 Å². The normalized spacial score (nSPS) is 27.6. The molecule has 1 aromatic carbocycles. The van der Waals surface area contributed by atoms with Gasteiger partial charge in [-0.3, -0.25) is 0 Å². The second-order valence-corrected chi connectivity index (χ2v) is 10.5. The lowest BCUT2D eigenvalue weighted by molar-refractivity contribution is 0.0105. The van der Waals surface area contributed by atoms with Crippen LogP contribution in [0.4, 0.5) is 0 Å². The minimum Gasteiger partial charge on any atom is -0.508 e. The van der Waals surface area contributed by atoms with Crippen molar-refractivity contribution in [3.63, 3.8) is 0 Å². The van der Waals surface area contributed by atoms with Crippen molar-refractivity contribution in [1.82, 2.24) is 0 Å². The zero-order valence-corrected chi connectivity index (χ0v) is 19.0. The van der Waals surface area contributed by atoms with Crippen LogP contribution in [0.3, 0.4) is 0 Å². The Morgan fingerprint density at radius 3 is 2.68 bits per heavy atom. The number of rotatable bonds is 5. The topological polar surface area (TPSA) is 20.2 Å². The van der Waals surface area contributed by atoms with Gasteiger partial charge in [-0.05, 0) is 94.1 Å². The van der Waals surface area contributed by atoms with Crippen LogP contribution in [0, 0.1) is 23.7 Å². The van der Waals surface area contributed by atoms with Crippen molar-refractivity contribution in [2.75, 3.05) is 0 Å². The zero-order valence-electron chi connectivity index (χ0n) is 19.0. The van der Waals surface area contributed by atoms with Gasteiger partial charge in [0.2, 0.25) is 0 Å². The third kappa shape index (κ3) is 4.24.